The number of aromatic nitrogens is 1. The van der Waals surface area contributed by atoms with Gasteiger partial charge in [-0.3, -0.25) is 5.43 Å². The number of hydrazone groups is 1. The number of carbonyl (C=O) groups excluding carboxylic acids is 1. The van der Waals surface area contributed by atoms with Crippen LogP contribution < -0.4 is 10.2 Å². The molecule has 8 heteroatoms. The maximum Gasteiger partial charge on any atom is 0.343 e. The van der Waals surface area contributed by atoms with Crippen LogP contribution in [0.25, 0.3) is 11.3 Å². The number of esters is 1. The van der Waals surface area contributed by atoms with Crippen LogP contribution in [0.1, 0.15) is 15.9 Å². The van der Waals surface area contributed by atoms with Crippen LogP contribution in [0.3, 0.4) is 0 Å². The van der Waals surface area contributed by atoms with Crippen LogP contribution in [0.2, 0.25) is 0 Å². The van der Waals surface area contributed by atoms with Crippen molar-refractivity contribution in [2.45, 2.75) is 0 Å². The highest BCUT2D eigenvalue weighted by molar-refractivity contribution is 9.10. The van der Waals surface area contributed by atoms with E-state index in [9.17, 15) is 4.79 Å². The Bertz CT molecular complexity index is 1210. The van der Waals surface area contributed by atoms with Gasteiger partial charge in [-0.1, -0.05) is 44.0 Å². The fourth-order valence-electron chi connectivity index (χ4n) is 2.61. The van der Waals surface area contributed by atoms with Gasteiger partial charge < -0.3 is 4.74 Å². The molecule has 0 saturated heterocycles. The van der Waals surface area contributed by atoms with E-state index < -0.39 is 5.97 Å². The zero-order valence-corrected chi connectivity index (χ0v) is 19.9. The lowest BCUT2D eigenvalue weighted by Gasteiger charge is -2.04. The maximum atomic E-state index is 12.2. The fourth-order valence-corrected chi connectivity index (χ4v) is 3.81. The molecule has 0 bridgehead atoms. The Morgan fingerprint density at radius 1 is 0.935 bits per heavy atom. The summed E-state index contributed by atoms with van der Waals surface area (Å²) < 4.78 is 7.33. The van der Waals surface area contributed by atoms with Gasteiger partial charge in [-0.2, -0.15) is 5.10 Å². The summed E-state index contributed by atoms with van der Waals surface area (Å²) in [7, 11) is 0. The molecular formula is C23H15Br2N3O2S. The highest BCUT2D eigenvalue weighted by Crippen LogP contribution is 2.26. The molecular weight excluding hydrogens is 542 g/mol. The third-order valence-electron chi connectivity index (χ3n) is 4.19. The number of benzene rings is 3. The quantitative estimate of drug-likeness (QED) is 0.120. The van der Waals surface area contributed by atoms with Crippen molar-refractivity contribution in [1.29, 1.82) is 0 Å². The van der Waals surface area contributed by atoms with E-state index in [1.54, 1.807) is 42.6 Å². The molecule has 154 valence electrons. The Hall–Kier alpha value is -2.81. The van der Waals surface area contributed by atoms with Gasteiger partial charge in [0.25, 0.3) is 0 Å². The summed E-state index contributed by atoms with van der Waals surface area (Å²) in [5, 5.41) is 6.92. The molecule has 0 atom stereocenters. The van der Waals surface area contributed by atoms with E-state index in [0.29, 0.717) is 16.4 Å². The van der Waals surface area contributed by atoms with Gasteiger partial charge in [-0.05, 0) is 66.2 Å². The van der Waals surface area contributed by atoms with E-state index >= 15 is 0 Å². The van der Waals surface area contributed by atoms with Crippen molar-refractivity contribution in [2.24, 2.45) is 5.10 Å². The summed E-state index contributed by atoms with van der Waals surface area (Å²) in [6.07, 6.45) is 1.68. The maximum absolute atomic E-state index is 12.2. The molecule has 0 radical (unpaired) electrons. The summed E-state index contributed by atoms with van der Waals surface area (Å²) in [6, 6.07) is 22.1. The lowest BCUT2D eigenvalue weighted by molar-refractivity contribution is 0.0734. The van der Waals surface area contributed by atoms with Crippen molar-refractivity contribution < 1.29 is 9.53 Å². The number of anilines is 1. The highest BCUT2D eigenvalue weighted by Gasteiger charge is 2.08. The fraction of sp³-hybridized carbons (Fsp3) is 0. The number of carbonyl (C=O) groups is 1. The number of ether oxygens (including phenoxy) is 1. The minimum atomic E-state index is -0.402. The van der Waals surface area contributed by atoms with Gasteiger partial charge >= 0.3 is 5.97 Å². The van der Waals surface area contributed by atoms with E-state index in [4.69, 9.17) is 4.74 Å². The van der Waals surface area contributed by atoms with Gasteiger partial charge in [0.05, 0.1) is 17.5 Å². The molecule has 0 amide bonds. The topological polar surface area (TPSA) is 63.6 Å². The first-order valence-electron chi connectivity index (χ1n) is 9.15. The molecule has 0 fully saturated rings. The molecule has 1 aromatic heterocycles. The molecule has 0 spiro atoms. The number of hydrogen-bond acceptors (Lipinski definition) is 6. The van der Waals surface area contributed by atoms with Crippen LogP contribution in [0.15, 0.2) is 92.2 Å². The summed E-state index contributed by atoms with van der Waals surface area (Å²) in [6.45, 7) is 0. The zero-order chi connectivity index (χ0) is 21.6. The molecule has 3 aromatic carbocycles. The summed E-state index contributed by atoms with van der Waals surface area (Å²) >= 11 is 8.26. The largest absolute Gasteiger partial charge is 0.423 e. The normalized spacial score (nSPS) is 10.9. The van der Waals surface area contributed by atoms with E-state index in [-0.39, 0.29) is 0 Å². The van der Waals surface area contributed by atoms with Gasteiger partial charge in [-0.25, -0.2) is 9.78 Å². The number of nitrogens with zero attached hydrogens (tertiary/aromatic N) is 2. The van der Waals surface area contributed by atoms with Gasteiger partial charge in [0.15, 0.2) is 0 Å². The third kappa shape index (κ3) is 5.88. The number of rotatable bonds is 6. The molecule has 31 heavy (non-hydrogen) atoms. The molecule has 1 N–H and O–H groups in total. The van der Waals surface area contributed by atoms with Crippen LogP contribution in [0.5, 0.6) is 5.75 Å². The summed E-state index contributed by atoms with van der Waals surface area (Å²) in [5.41, 5.74) is 6.24. The van der Waals surface area contributed by atoms with Gasteiger partial charge in [0, 0.05) is 19.9 Å². The number of nitrogens with one attached hydrogen (secondary N) is 1. The van der Waals surface area contributed by atoms with E-state index in [2.05, 4.69) is 47.4 Å². The monoisotopic (exact) mass is 555 g/mol. The second-order valence-corrected chi connectivity index (χ2v) is 9.07. The Balaban J connectivity index is 1.33. The average Bonchev–Trinajstić information content (AvgIpc) is 3.25. The molecule has 0 unspecified atom stereocenters. The lowest BCUT2D eigenvalue weighted by atomic mass is 10.2. The van der Waals surface area contributed by atoms with Gasteiger partial charge in [0.1, 0.15) is 5.75 Å². The van der Waals surface area contributed by atoms with Crippen molar-refractivity contribution >= 4 is 60.5 Å². The van der Waals surface area contributed by atoms with Gasteiger partial charge in [0.2, 0.25) is 5.13 Å². The summed E-state index contributed by atoms with van der Waals surface area (Å²) in [4.78, 5) is 16.7. The molecule has 0 saturated carbocycles. The molecule has 4 rings (SSSR count). The van der Waals surface area contributed by atoms with Crippen molar-refractivity contribution in [2.75, 3.05) is 5.43 Å². The first-order valence-corrected chi connectivity index (χ1v) is 11.6. The lowest BCUT2D eigenvalue weighted by Crippen LogP contribution is -2.08. The second kappa shape index (κ2) is 10.00. The van der Waals surface area contributed by atoms with E-state index in [1.165, 1.54) is 11.3 Å². The second-order valence-electron chi connectivity index (χ2n) is 6.38. The number of halogens is 2. The first-order chi connectivity index (χ1) is 15.1. The minimum Gasteiger partial charge on any atom is -0.423 e. The predicted molar refractivity (Wildman–Crippen MR) is 132 cm³/mol. The smallest absolute Gasteiger partial charge is 0.343 e. The third-order valence-corrected chi connectivity index (χ3v) is 5.99. The highest BCUT2D eigenvalue weighted by atomic mass is 79.9. The standard InChI is InChI=1S/C23H15Br2N3O2S/c24-18-7-3-16(4-8-18)21-14-31-23(27-21)28-26-13-15-1-11-20(12-2-15)30-22(29)17-5-9-19(25)10-6-17/h1-14H,(H,27,28). The Morgan fingerprint density at radius 2 is 1.58 bits per heavy atom. The van der Waals surface area contributed by atoms with Crippen LogP contribution in [0.4, 0.5) is 5.13 Å². The summed E-state index contributed by atoms with van der Waals surface area (Å²) in [5.74, 6) is 0.0676. The van der Waals surface area contributed by atoms with Crippen molar-refractivity contribution in [3.8, 4) is 17.0 Å². The van der Waals surface area contributed by atoms with Crippen LogP contribution in [-0.2, 0) is 0 Å². The Labute approximate surface area is 200 Å². The van der Waals surface area contributed by atoms with Gasteiger partial charge in [-0.15, -0.1) is 11.3 Å². The van der Waals surface area contributed by atoms with Crippen molar-refractivity contribution in [3.63, 3.8) is 0 Å². The molecule has 0 aliphatic carbocycles. The number of hydrogen-bond donors (Lipinski definition) is 1. The van der Waals surface area contributed by atoms with Crippen LogP contribution in [-0.4, -0.2) is 17.2 Å². The van der Waals surface area contributed by atoms with E-state index in [0.717, 1.165) is 25.8 Å². The average molecular weight is 557 g/mol. The van der Waals surface area contributed by atoms with E-state index in [1.807, 2.05) is 41.8 Å². The predicted octanol–water partition coefficient (Wildman–Crippen LogP) is 7.00. The molecule has 0 aliphatic rings. The Morgan fingerprint density at radius 3 is 2.26 bits per heavy atom. The zero-order valence-electron chi connectivity index (χ0n) is 16.0. The number of thiazole rings is 1. The molecule has 0 aliphatic heterocycles. The molecule has 4 aromatic rings. The van der Waals surface area contributed by atoms with Crippen molar-refractivity contribution in [3.05, 3.63) is 98.2 Å². The van der Waals surface area contributed by atoms with Crippen molar-refractivity contribution in [1.82, 2.24) is 4.98 Å². The minimum absolute atomic E-state index is 0.402. The SMILES string of the molecule is O=C(Oc1ccc(C=NNc2nc(-c3ccc(Br)cc3)cs2)cc1)c1ccc(Br)cc1. The molecule has 1 heterocycles. The Kier molecular flexibility index (Phi) is 6.91. The first kappa shape index (κ1) is 21.4. The van der Waals surface area contributed by atoms with Crippen LogP contribution >= 0.6 is 43.2 Å². The van der Waals surface area contributed by atoms with Crippen LogP contribution in [0, 0.1) is 0 Å². The molecule has 5 nitrogen and oxygen atoms in total.